The standard InChI is InChI=1S/C26H34N4O7S/c1-18(24(32)37-26(2,3)4)30(19-11-13-20(14-12-19)36-25(33)28(5)6)23(31)22-10-8-16-29(22)38(34,35)21-9-7-15-27-17-21/h7,9,11-15,17-18,22H,8,10,16H2,1-6H3/t18-,22-/m0/s1. The lowest BCUT2D eigenvalue weighted by Gasteiger charge is -2.34. The van der Waals surface area contributed by atoms with Crippen molar-refractivity contribution in [1.82, 2.24) is 14.2 Å². The molecule has 1 aromatic heterocycles. The van der Waals surface area contributed by atoms with E-state index in [2.05, 4.69) is 4.98 Å². The van der Waals surface area contributed by atoms with E-state index in [0.717, 1.165) is 4.31 Å². The summed E-state index contributed by atoms with van der Waals surface area (Å²) in [5.74, 6) is -0.966. The third kappa shape index (κ3) is 6.67. The number of rotatable bonds is 7. The van der Waals surface area contributed by atoms with Crippen molar-refractivity contribution in [3.63, 3.8) is 0 Å². The number of hydrogen-bond acceptors (Lipinski definition) is 8. The summed E-state index contributed by atoms with van der Waals surface area (Å²) in [6, 6.07) is 6.91. The van der Waals surface area contributed by atoms with Crippen molar-refractivity contribution >= 4 is 33.7 Å². The molecule has 11 nitrogen and oxygen atoms in total. The van der Waals surface area contributed by atoms with Crippen LogP contribution in [0.5, 0.6) is 5.75 Å². The first-order chi connectivity index (χ1) is 17.7. The lowest BCUT2D eigenvalue weighted by Crippen LogP contribution is -2.53. The number of amides is 2. The second kappa shape index (κ2) is 11.5. The van der Waals surface area contributed by atoms with E-state index in [1.807, 2.05) is 0 Å². The summed E-state index contributed by atoms with van der Waals surface area (Å²) < 4.78 is 38.7. The number of esters is 1. The fourth-order valence-corrected chi connectivity index (χ4v) is 5.59. The average molecular weight is 547 g/mol. The molecule has 2 heterocycles. The highest BCUT2D eigenvalue weighted by atomic mass is 32.2. The Bertz CT molecular complexity index is 1260. The maximum absolute atomic E-state index is 14.0. The molecular weight excluding hydrogens is 512 g/mol. The Morgan fingerprint density at radius 1 is 1.11 bits per heavy atom. The summed E-state index contributed by atoms with van der Waals surface area (Å²) in [7, 11) is -0.910. The smallest absolute Gasteiger partial charge is 0.414 e. The van der Waals surface area contributed by atoms with E-state index in [-0.39, 0.29) is 23.6 Å². The van der Waals surface area contributed by atoms with Crippen LogP contribution in [0.25, 0.3) is 0 Å². The fourth-order valence-electron chi connectivity index (χ4n) is 3.97. The van der Waals surface area contributed by atoms with Gasteiger partial charge in [0.15, 0.2) is 0 Å². The normalized spacial score (nSPS) is 16.9. The molecular formula is C26H34N4O7S. The van der Waals surface area contributed by atoms with Gasteiger partial charge in [0, 0.05) is 38.7 Å². The number of benzene rings is 1. The Hall–Kier alpha value is -3.51. The number of anilines is 1. The highest BCUT2D eigenvalue weighted by molar-refractivity contribution is 7.89. The zero-order chi connectivity index (χ0) is 28.3. The summed E-state index contributed by atoms with van der Waals surface area (Å²) in [5.41, 5.74) is -0.475. The van der Waals surface area contributed by atoms with E-state index >= 15 is 0 Å². The molecule has 206 valence electrons. The van der Waals surface area contributed by atoms with Gasteiger partial charge in [0.1, 0.15) is 28.3 Å². The van der Waals surface area contributed by atoms with E-state index in [9.17, 15) is 22.8 Å². The molecule has 2 aromatic rings. The first-order valence-corrected chi connectivity index (χ1v) is 13.6. The second-order valence-corrected chi connectivity index (χ2v) is 12.0. The van der Waals surface area contributed by atoms with Crippen LogP contribution < -0.4 is 9.64 Å². The SMILES string of the molecule is C[C@@H](C(=O)OC(C)(C)C)N(C(=O)[C@@H]1CCCN1S(=O)(=O)c1cccnc1)c1ccc(OC(=O)N(C)C)cc1. The molecule has 0 saturated carbocycles. The topological polar surface area (TPSA) is 126 Å². The maximum atomic E-state index is 14.0. The molecule has 1 aliphatic rings. The number of nitrogens with zero attached hydrogens (tertiary/aromatic N) is 4. The minimum atomic E-state index is -4.01. The van der Waals surface area contributed by atoms with Gasteiger partial charge < -0.3 is 14.4 Å². The lowest BCUT2D eigenvalue weighted by atomic mass is 10.1. The zero-order valence-electron chi connectivity index (χ0n) is 22.4. The van der Waals surface area contributed by atoms with Gasteiger partial charge in [-0.1, -0.05) is 0 Å². The molecule has 1 aromatic carbocycles. The van der Waals surface area contributed by atoms with Crippen molar-refractivity contribution in [3.05, 3.63) is 48.8 Å². The van der Waals surface area contributed by atoms with Crippen LogP contribution in [0.3, 0.4) is 0 Å². The summed E-state index contributed by atoms with van der Waals surface area (Å²) in [6.07, 6.45) is 2.90. The Kier molecular flexibility index (Phi) is 8.78. The van der Waals surface area contributed by atoms with Crippen LogP contribution in [0.4, 0.5) is 10.5 Å². The summed E-state index contributed by atoms with van der Waals surface area (Å²) >= 11 is 0. The Balaban J connectivity index is 1.98. The minimum absolute atomic E-state index is 0.0153. The lowest BCUT2D eigenvalue weighted by molar-refractivity contribution is -0.157. The monoisotopic (exact) mass is 546 g/mol. The van der Waals surface area contributed by atoms with Crippen LogP contribution in [-0.2, 0) is 24.3 Å². The van der Waals surface area contributed by atoms with Gasteiger partial charge in [-0.2, -0.15) is 4.31 Å². The van der Waals surface area contributed by atoms with Crippen LogP contribution in [0.15, 0.2) is 53.7 Å². The summed E-state index contributed by atoms with van der Waals surface area (Å²) in [5, 5.41) is 0. The Morgan fingerprint density at radius 2 is 1.76 bits per heavy atom. The molecule has 0 radical (unpaired) electrons. The summed E-state index contributed by atoms with van der Waals surface area (Å²) in [6.45, 7) is 6.84. The molecule has 2 amide bonds. The van der Waals surface area contributed by atoms with E-state index in [1.54, 1.807) is 34.9 Å². The molecule has 0 bridgehead atoms. The fraction of sp³-hybridized carbons (Fsp3) is 0.462. The zero-order valence-corrected chi connectivity index (χ0v) is 23.3. The predicted octanol–water partition coefficient (Wildman–Crippen LogP) is 3.06. The van der Waals surface area contributed by atoms with Crippen molar-refractivity contribution in [2.45, 2.75) is 63.1 Å². The molecule has 1 saturated heterocycles. The van der Waals surface area contributed by atoms with Gasteiger partial charge in [-0.25, -0.2) is 18.0 Å². The van der Waals surface area contributed by atoms with Crippen LogP contribution in [0.2, 0.25) is 0 Å². The first kappa shape index (κ1) is 29.1. The van der Waals surface area contributed by atoms with E-state index < -0.39 is 45.7 Å². The van der Waals surface area contributed by atoms with E-state index in [4.69, 9.17) is 9.47 Å². The predicted molar refractivity (Wildman–Crippen MR) is 140 cm³/mol. The van der Waals surface area contributed by atoms with Crippen molar-refractivity contribution in [2.75, 3.05) is 25.5 Å². The van der Waals surface area contributed by atoms with Gasteiger partial charge in [-0.15, -0.1) is 0 Å². The van der Waals surface area contributed by atoms with E-state index in [1.165, 1.54) is 65.5 Å². The molecule has 38 heavy (non-hydrogen) atoms. The molecule has 0 spiro atoms. The number of sulfonamides is 1. The van der Waals surface area contributed by atoms with Crippen molar-refractivity contribution < 1.29 is 32.3 Å². The van der Waals surface area contributed by atoms with Gasteiger partial charge in [-0.3, -0.25) is 14.7 Å². The minimum Gasteiger partial charge on any atom is -0.458 e. The third-order valence-electron chi connectivity index (χ3n) is 5.79. The second-order valence-electron chi connectivity index (χ2n) is 10.1. The first-order valence-electron chi connectivity index (χ1n) is 12.2. The number of carbonyl (C=O) groups is 3. The Labute approximate surface area is 223 Å². The quantitative estimate of drug-likeness (QED) is 0.485. The molecule has 12 heteroatoms. The number of ether oxygens (including phenoxy) is 2. The average Bonchev–Trinajstić information content (AvgIpc) is 3.35. The van der Waals surface area contributed by atoms with Crippen molar-refractivity contribution in [1.29, 1.82) is 0 Å². The number of pyridine rings is 1. The maximum Gasteiger partial charge on any atom is 0.414 e. The van der Waals surface area contributed by atoms with Gasteiger partial charge in [-0.05, 0) is 76.9 Å². The van der Waals surface area contributed by atoms with Gasteiger partial charge in [0.05, 0.1) is 0 Å². The largest absolute Gasteiger partial charge is 0.458 e. The number of hydrogen-bond donors (Lipinski definition) is 0. The Morgan fingerprint density at radius 3 is 2.32 bits per heavy atom. The van der Waals surface area contributed by atoms with Gasteiger partial charge in [0.25, 0.3) is 0 Å². The summed E-state index contributed by atoms with van der Waals surface area (Å²) in [4.78, 5) is 45.3. The highest BCUT2D eigenvalue weighted by Crippen LogP contribution is 2.31. The van der Waals surface area contributed by atoms with Crippen LogP contribution in [-0.4, -0.2) is 78.9 Å². The van der Waals surface area contributed by atoms with E-state index in [0.29, 0.717) is 12.1 Å². The molecule has 0 N–H and O–H groups in total. The molecule has 0 unspecified atom stereocenters. The number of carbonyl (C=O) groups excluding carboxylic acids is 3. The van der Waals surface area contributed by atoms with Crippen molar-refractivity contribution in [2.24, 2.45) is 0 Å². The molecule has 1 aliphatic heterocycles. The van der Waals surface area contributed by atoms with Crippen LogP contribution in [0.1, 0.15) is 40.5 Å². The third-order valence-corrected chi connectivity index (χ3v) is 7.68. The molecule has 2 atom stereocenters. The highest BCUT2D eigenvalue weighted by Gasteiger charge is 2.44. The van der Waals surface area contributed by atoms with Gasteiger partial charge >= 0.3 is 12.1 Å². The molecule has 0 aliphatic carbocycles. The molecule has 3 rings (SSSR count). The van der Waals surface area contributed by atoms with Crippen molar-refractivity contribution in [3.8, 4) is 5.75 Å². The van der Waals surface area contributed by atoms with Gasteiger partial charge in [0.2, 0.25) is 15.9 Å². The van der Waals surface area contributed by atoms with Crippen LogP contribution >= 0.6 is 0 Å². The number of aromatic nitrogens is 1. The molecule has 1 fully saturated rings. The van der Waals surface area contributed by atoms with Crippen LogP contribution in [0, 0.1) is 0 Å².